The minimum absolute atomic E-state index is 0.133. The van der Waals surface area contributed by atoms with E-state index in [1.165, 1.54) is 10.9 Å². The maximum atomic E-state index is 13.7. The van der Waals surface area contributed by atoms with Crippen molar-refractivity contribution in [1.29, 1.82) is 0 Å². The Balaban J connectivity index is 1.10. The van der Waals surface area contributed by atoms with Crippen LogP contribution in [0.5, 0.6) is 5.75 Å². The minimum atomic E-state index is 0.133. The molecule has 7 heteroatoms. The summed E-state index contributed by atoms with van der Waals surface area (Å²) in [5.74, 6) is 1.43. The number of hydrogen-bond donors (Lipinski definition) is 1. The number of amides is 1. The van der Waals surface area contributed by atoms with E-state index in [0.717, 1.165) is 70.6 Å². The van der Waals surface area contributed by atoms with Crippen molar-refractivity contribution in [2.45, 2.75) is 44.2 Å². The van der Waals surface area contributed by atoms with Crippen LogP contribution in [0.4, 0.5) is 0 Å². The quantitative estimate of drug-likeness (QED) is 0.562. The van der Waals surface area contributed by atoms with Crippen LogP contribution < -0.4 is 4.74 Å². The second kappa shape index (κ2) is 9.99. The maximum Gasteiger partial charge on any atom is 0.258 e. The van der Waals surface area contributed by atoms with Crippen LogP contribution in [0.3, 0.4) is 0 Å². The number of nitrogens with one attached hydrogen (secondary N) is 1. The van der Waals surface area contributed by atoms with Crippen LogP contribution in [-0.4, -0.2) is 77.2 Å². The molecular weight excluding hydrogens is 440 g/mol. The highest BCUT2D eigenvalue weighted by atomic mass is 16.5. The lowest BCUT2D eigenvalue weighted by atomic mass is 9.85. The van der Waals surface area contributed by atoms with E-state index in [9.17, 15) is 4.79 Å². The highest BCUT2D eigenvalue weighted by Gasteiger charge is 2.43. The predicted molar refractivity (Wildman–Crippen MR) is 135 cm³/mol. The molecule has 184 valence electrons. The van der Waals surface area contributed by atoms with Gasteiger partial charge in [0.2, 0.25) is 0 Å². The Bertz CT molecular complexity index is 1160. The topological polar surface area (TPSA) is 70.7 Å². The zero-order valence-electron chi connectivity index (χ0n) is 20.2. The van der Waals surface area contributed by atoms with Gasteiger partial charge in [-0.3, -0.25) is 9.69 Å². The first-order chi connectivity index (χ1) is 17.2. The highest BCUT2D eigenvalue weighted by Crippen LogP contribution is 2.41. The van der Waals surface area contributed by atoms with Crippen LogP contribution in [0.1, 0.15) is 41.6 Å². The molecule has 2 atom stereocenters. The molecule has 2 aromatic heterocycles. The van der Waals surface area contributed by atoms with E-state index in [4.69, 9.17) is 9.47 Å². The summed E-state index contributed by atoms with van der Waals surface area (Å²) < 4.78 is 11.6. The Labute approximate surface area is 206 Å². The summed E-state index contributed by atoms with van der Waals surface area (Å²) in [4.78, 5) is 26.0. The molecule has 0 saturated carbocycles. The van der Waals surface area contributed by atoms with Gasteiger partial charge in [-0.25, -0.2) is 4.98 Å². The van der Waals surface area contributed by atoms with E-state index in [2.05, 4.69) is 31.9 Å². The van der Waals surface area contributed by atoms with E-state index in [1.54, 1.807) is 0 Å². The zero-order valence-corrected chi connectivity index (χ0v) is 20.2. The number of nitrogens with zero attached hydrogens (tertiary/aromatic N) is 3. The number of rotatable bonds is 7. The zero-order chi connectivity index (χ0) is 23.6. The summed E-state index contributed by atoms with van der Waals surface area (Å²) in [6.45, 7) is 4.88. The number of aromatic nitrogens is 2. The summed E-state index contributed by atoms with van der Waals surface area (Å²) in [7, 11) is 0. The van der Waals surface area contributed by atoms with E-state index in [1.807, 2.05) is 36.7 Å². The number of carbonyl (C=O) groups excluding carboxylic acids is 1. The van der Waals surface area contributed by atoms with Crippen molar-refractivity contribution in [3.05, 3.63) is 59.9 Å². The van der Waals surface area contributed by atoms with Gasteiger partial charge in [0.25, 0.3) is 5.91 Å². The van der Waals surface area contributed by atoms with Crippen molar-refractivity contribution in [3.8, 4) is 5.75 Å². The number of morpholine rings is 1. The Morgan fingerprint density at radius 2 is 1.91 bits per heavy atom. The van der Waals surface area contributed by atoms with Crippen LogP contribution in [0, 0.1) is 5.92 Å². The van der Waals surface area contributed by atoms with Gasteiger partial charge in [-0.05, 0) is 67.9 Å². The fourth-order valence-electron chi connectivity index (χ4n) is 6.24. The molecule has 1 aromatic carbocycles. The molecule has 0 spiro atoms. The summed E-state index contributed by atoms with van der Waals surface area (Å²) in [5, 5.41) is 1.17. The third kappa shape index (κ3) is 4.80. The van der Waals surface area contributed by atoms with Gasteiger partial charge >= 0.3 is 0 Å². The summed E-state index contributed by atoms with van der Waals surface area (Å²) >= 11 is 0. The number of carbonyl (C=O) groups is 1. The average molecular weight is 475 g/mol. The van der Waals surface area contributed by atoms with Crippen LogP contribution >= 0.6 is 0 Å². The van der Waals surface area contributed by atoms with Gasteiger partial charge < -0.3 is 19.4 Å². The number of benzene rings is 1. The van der Waals surface area contributed by atoms with E-state index in [-0.39, 0.29) is 5.91 Å². The molecule has 3 aliphatic heterocycles. The van der Waals surface area contributed by atoms with Gasteiger partial charge in [0.05, 0.1) is 18.8 Å². The third-order valence-corrected chi connectivity index (χ3v) is 7.93. The number of piperidine rings is 1. The number of hydrogen-bond acceptors (Lipinski definition) is 5. The number of ether oxygens (including phenoxy) is 2. The van der Waals surface area contributed by atoms with Crippen molar-refractivity contribution in [3.63, 3.8) is 0 Å². The lowest BCUT2D eigenvalue weighted by Crippen LogP contribution is -2.47. The molecule has 35 heavy (non-hydrogen) atoms. The molecule has 3 fully saturated rings. The Morgan fingerprint density at radius 3 is 2.74 bits per heavy atom. The summed E-state index contributed by atoms with van der Waals surface area (Å²) in [5.41, 5.74) is 2.94. The molecule has 1 N–H and O–H groups in total. The molecule has 6 rings (SSSR count). The van der Waals surface area contributed by atoms with Crippen LogP contribution in [0.25, 0.3) is 11.0 Å². The first-order valence-corrected chi connectivity index (χ1v) is 13.0. The van der Waals surface area contributed by atoms with Crippen molar-refractivity contribution < 1.29 is 14.3 Å². The van der Waals surface area contributed by atoms with Crippen molar-refractivity contribution in [1.82, 2.24) is 19.8 Å². The smallest absolute Gasteiger partial charge is 0.258 e. The molecule has 3 saturated heterocycles. The molecule has 5 heterocycles. The van der Waals surface area contributed by atoms with Crippen LogP contribution in [-0.2, 0) is 11.2 Å². The number of aromatic amines is 1. The van der Waals surface area contributed by atoms with Crippen LogP contribution in [0.2, 0.25) is 0 Å². The van der Waals surface area contributed by atoms with Crippen molar-refractivity contribution in [2.24, 2.45) is 5.92 Å². The van der Waals surface area contributed by atoms with E-state index >= 15 is 0 Å². The van der Waals surface area contributed by atoms with Gasteiger partial charge in [0, 0.05) is 49.5 Å². The fraction of sp³-hybridized carbons (Fsp3) is 0.500. The minimum Gasteiger partial charge on any atom is -0.491 e. The Morgan fingerprint density at radius 1 is 1.11 bits per heavy atom. The van der Waals surface area contributed by atoms with Crippen LogP contribution in [0.15, 0.2) is 48.8 Å². The molecule has 3 aliphatic rings. The Kier molecular flexibility index (Phi) is 6.44. The standard InChI is InChI=1S/C28H34N4O3/c33-28(25-3-1-2-4-26(25)35-14-11-31-9-12-34-13-10-31)32-23-5-6-24(32)18-20(17-23)15-21-16-22-7-8-29-27(22)30-19-21/h1-4,7-8,16,19-20,23-24H,5-6,9-15,17-18H2,(H,29,30). The number of H-pyrrole nitrogens is 1. The number of fused-ring (bicyclic) bond motifs is 3. The SMILES string of the molecule is O=C(c1ccccc1OCCN1CCOCC1)N1C2CCC1CC(Cc1cnc3[nH]ccc3c1)C2. The first kappa shape index (κ1) is 22.6. The second-order valence-electron chi connectivity index (χ2n) is 10.2. The Hall–Kier alpha value is -2.90. The van der Waals surface area contributed by atoms with E-state index < -0.39 is 0 Å². The third-order valence-electron chi connectivity index (χ3n) is 7.93. The number of pyridine rings is 1. The van der Waals surface area contributed by atoms with Crippen molar-refractivity contribution in [2.75, 3.05) is 39.5 Å². The summed E-state index contributed by atoms with van der Waals surface area (Å²) in [6, 6.07) is 12.7. The van der Waals surface area contributed by atoms with Gasteiger partial charge in [-0.15, -0.1) is 0 Å². The first-order valence-electron chi connectivity index (χ1n) is 13.0. The average Bonchev–Trinajstić information content (AvgIpc) is 3.46. The molecule has 2 unspecified atom stereocenters. The molecule has 3 aromatic rings. The van der Waals surface area contributed by atoms with E-state index in [0.29, 0.717) is 35.9 Å². The fourth-order valence-corrected chi connectivity index (χ4v) is 6.24. The molecular formula is C28H34N4O3. The second-order valence-corrected chi connectivity index (χ2v) is 10.2. The lowest BCUT2D eigenvalue weighted by molar-refractivity contribution is 0.0320. The lowest BCUT2D eigenvalue weighted by Gasteiger charge is -2.39. The summed E-state index contributed by atoms with van der Waals surface area (Å²) in [6.07, 6.45) is 9.30. The monoisotopic (exact) mass is 474 g/mol. The molecule has 7 nitrogen and oxygen atoms in total. The molecule has 1 amide bonds. The van der Waals surface area contributed by atoms with Gasteiger partial charge in [-0.2, -0.15) is 0 Å². The van der Waals surface area contributed by atoms with Gasteiger partial charge in [-0.1, -0.05) is 12.1 Å². The molecule has 0 aliphatic carbocycles. The largest absolute Gasteiger partial charge is 0.491 e. The molecule has 2 bridgehead atoms. The molecule has 0 radical (unpaired) electrons. The predicted octanol–water partition coefficient (Wildman–Crippen LogP) is 3.90. The van der Waals surface area contributed by atoms with Gasteiger partial charge in [0.15, 0.2) is 0 Å². The number of para-hydroxylation sites is 1. The maximum absolute atomic E-state index is 13.7. The van der Waals surface area contributed by atoms with Gasteiger partial charge in [0.1, 0.15) is 18.0 Å². The highest BCUT2D eigenvalue weighted by molar-refractivity contribution is 5.97. The van der Waals surface area contributed by atoms with Crippen molar-refractivity contribution >= 4 is 16.9 Å². The normalized spacial score (nSPS) is 24.7.